The second-order valence-corrected chi connectivity index (χ2v) is 9.74. The molecule has 0 saturated carbocycles. The Morgan fingerprint density at radius 3 is 2.59 bits per heavy atom. The van der Waals surface area contributed by atoms with E-state index in [9.17, 15) is 14.0 Å². The van der Waals surface area contributed by atoms with Gasteiger partial charge in [0.05, 0.1) is 24.5 Å². The van der Waals surface area contributed by atoms with Crippen molar-refractivity contribution in [2.24, 2.45) is 5.41 Å². The van der Waals surface area contributed by atoms with Gasteiger partial charge >= 0.3 is 6.09 Å². The summed E-state index contributed by atoms with van der Waals surface area (Å²) < 4.78 is 20.2. The van der Waals surface area contributed by atoms with Crippen molar-refractivity contribution in [3.8, 4) is 0 Å². The van der Waals surface area contributed by atoms with E-state index in [1.54, 1.807) is 12.1 Å². The largest absolute Gasteiger partial charge is 0.442 e. The van der Waals surface area contributed by atoms with Crippen LogP contribution in [0.15, 0.2) is 18.2 Å². The zero-order chi connectivity index (χ0) is 21.0. The van der Waals surface area contributed by atoms with Gasteiger partial charge in [-0.15, -0.1) is 0 Å². The molecule has 0 radical (unpaired) electrons. The zero-order valence-corrected chi connectivity index (χ0v) is 18.2. The van der Waals surface area contributed by atoms with E-state index >= 15 is 0 Å². The van der Waals surface area contributed by atoms with E-state index in [2.05, 4.69) is 10.2 Å². The first-order valence-electron chi connectivity index (χ1n) is 10.1. The number of amides is 2. The average molecular weight is 424 g/mol. The van der Waals surface area contributed by atoms with Crippen LogP contribution in [-0.4, -0.2) is 55.8 Å². The lowest BCUT2D eigenvalue weighted by Crippen LogP contribution is -2.40. The maximum absolute atomic E-state index is 14.8. The first-order valence-corrected chi connectivity index (χ1v) is 11.3. The first kappa shape index (κ1) is 21.7. The number of anilines is 2. The summed E-state index contributed by atoms with van der Waals surface area (Å²) in [7, 11) is 0. The minimum Gasteiger partial charge on any atom is -0.442 e. The van der Waals surface area contributed by atoms with Gasteiger partial charge in [-0.3, -0.25) is 9.69 Å². The van der Waals surface area contributed by atoms with Crippen LogP contribution in [0.25, 0.3) is 0 Å². The van der Waals surface area contributed by atoms with Crippen molar-refractivity contribution < 1.29 is 18.7 Å². The summed E-state index contributed by atoms with van der Waals surface area (Å²) in [6.45, 7) is 7.67. The van der Waals surface area contributed by atoms with E-state index in [1.165, 1.54) is 11.0 Å². The SMILES string of the molecule is CC(C)(C)C(=O)NCC1CN(c2ccc(N3CCCSCCC3)c(F)c2)C(=O)O1. The van der Waals surface area contributed by atoms with Crippen LogP contribution in [-0.2, 0) is 9.53 Å². The second-order valence-electron chi connectivity index (χ2n) is 8.52. The molecule has 1 N–H and O–H groups in total. The minimum absolute atomic E-state index is 0.103. The van der Waals surface area contributed by atoms with Crippen molar-refractivity contribution in [2.75, 3.05) is 47.5 Å². The molecule has 160 valence electrons. The Kier molecular flexibility index (Phi) is 6.93. The fourth-order valence-corrected chi connectivity index (χ4v) is 4.27. The number of carbonyl (C=O) groups excluding carboxylic acids is 2. The summed E-state index contributed by atoms with van der Waals surface area (Å²) in [5.41, 5.74) is 0.553. The molecule has 2 aliphatic heterocycles. The Balaban J connectivity index is 1.63. The highest BCUT2D eigenvalue weighted by Crippen LogP contribution is 2.29. The molecule has 29 heavy (non-hydrogen) atoms. The van der Waals surface area contributed by atoms with Crippen LogP contribution in [0, 0.1) is 11.2 Å². The van der Waals surface area contributed by atoms with E-state index in [-0.39, 0.29) is 24.8 Å². The number of ether oxygens (including phenoxy) is 1. The Morgan fingerprint density at radius 1 is 1.28 bits per heavy atom. The molecule has 1 unspecified atom stereocenters. The lowest BCUT2D eigenvalue weighted by atomic mass is 9.96. The molecule has 2 saturated heterocycles. The Labute approximate surface area is 176 Å². The van der Waals surface area contributed by atoms with Crippen molar-refractivity contribution in [3.63, 3.8) is 0 Å². The van der Waals surface area contributed by atoms with Crippen LogP contribution in [0.5, 0.6) is 0 Å². The van der Waals surface area contributed by atoms with Gasteiger partial charge in [-0.25, -0.2) is 9.18 Å². The molecule has 2 amide bonds. The predicted molar refractivity (Wildman–Crippen MR) is 115 cm³/mol. The maximum Gasteiger partial charge on any atom is 0.414 e. The lowest BCUT2D eigenvalue weighted by Gasteiger charge is -2.27. The van der Waals surface area contributed by atoms with Gasteiger partial charge in [0.1, 0.15) is 11.9 Å². The minimum atomic E-state index is -0.518. The third-order valence-corrected chi connectivity index (χ3v) is 6.22. The molecule has 8 heteroatoms. The molecule has 6 nitrogen and oxygen atoms in total. The molecule has 2 heterocycles. The van der Waals surface area contributed by atoms with Crippen LogP contribution in [0.2, 0.25) is 0 Å². The second kappa shape index (κ2) is 9.24. The van der Waals surface area contributed by atoms with Crippen LogP contribution >= 0.6 is 11.8 Å². The fraction of sp³-hybridized carbons (Fsp3) is 0.619. The number of cyclic esters (lactones) is 1. The van der Waals surface area contributed by atoms with Gasteiger partial charge in [0.15, 0.2) is 0 Å². The number of benzene rings is 1. The van der Waals surface area contributed by atoms with Crippen molar-refractivity contribution in [1.82, 2.24) is 5.32 Å². The molecular weight excluding hydrogens is 393 g/mol. The number of rotatable bonds is 4. The van der Waals surface area contributed by atoms with Gasteiger partial charge < -0.3 is 15.0 Å². The van der Waals surface area contributed by atoms with E-state index < -0.39 is 17.6 Å². The van der Waals surface area contributed by atoms with Gasteiger partial charge in [0.2, 0.25) is 5.91 Å². The molecule has 0 aliphatic carbocycles. The highest BCUT2D eigenvalue weighted by molar-refractivity contribution is 7.99. The summed E-state index contributed by atoms with van der Waals surface area (Å²) in [5.74, 6) is 1.77. The summed E-state index contributed by atoms with van der Waals surface area (Å²) in [6.07, 6.45) is 1.09. The predicted octanol–water partition coefficient (Wildman–Crippen LogP) is 3.65. The third-order valence-electron chi connectivity index (χ3n) is 5.06. The lowest BCUT2D eigenvalue weighted by molar-refractivity contribution is -0.128. The number of halogens is 1. The van der Waals surface area contributed by atoms with E-state index in [1.807, 2.05) is 32.5 Å². The Hall–Kier alpha value is -1.96. The standard InChI is InChI=1S/C21H30FN3O3S/c1-21(2,3)19(26)23-13-16-14-25(20(27)28-16)15-6-7-18(17(22)12-15)24-8-4-10-29-11-5-9-24/h6-7,12,16H,4-5,8-11,13-14H2,1-3H3,(H,23,26). The van der Waals surface area contributed by atoms with Crippen molar-refractivity contribution in [1.29, 1.82) is 0 Å². The van der Waals surface area contributed by atoms with Crippen molar-refractivity contribution in [2.45, 2.75) is 39.7 Å². The number of nitrogens with one attached hydrogen (secondary N) is 1. The Bertz CT molecular complexity index is 745. The number of carbonyl (C=O) groups is 2. The van der Waals surface area contributed by atoms with Crippen LogP contribution in [0.1, 0.15) is 33.6 Å². The fourth-order valence-electron chi connectivity index (χ4n) is 3.40. The van der Waals surface area contributed by atoms with Gasteiger partial charge in [-0.1, -0.05) is 20.8 Å². The molecule has 2 fully saturated rings. The van der Waals surface area contributed by atoms with Crippen molar-refractivity contribution in [3.05, 3.63) is 24.0 Å². The average Bonchev–Trinajstić information content (AvgIpc) is 3.00. The van der Waals surface area contributed by atoms with Crippen LogP contribution in [0.3, 0.4) is 0 Å². The van der Waals surface area contributed by atoms with Crippen LogP contribution in [0.4, 0.5) is 20.6 Å². The number of thioether (sulfide) groups is 1. The Morgan fingerprint density at radius 2 is 1.97 bits per heavy atom. The van der Waals surface area contributed by atoms with Gasteiger partial charge in [0, 0.05) is 18.5 Å². The summed E-state index contributed by atoms with van der Waals surface area (Å²) in [5, 5.41) is 2.81. The molecule has 0 spiro atoms. The van der Waals surface area contributed by atoms with E-state index in [4.69, 9.17) is 4.74 Å². The molecule has 0 bridgehead atoms. The van der Waals surface area contributed by atoms with Crippen molar-refractivity contribution >= 4 is 35.1 Å². The molecule has 2 aliphatic rings. The zero-order valence-electron chi connectivity index (χ0n) is 17.4. The third kappa shape index (κ3) is 5.56. The van der Waals surface area contributed by atoms with E-state index in [0.29, 0.717) is 11.4 Å². The molecule has 1 atom stereocenters. The molecule has 0 aromatic heterocycles. The quantitative estimate of drug-likeness (QED) is 0.801. The normalized spacial score (nSPS) is 20.8. The van der Waals surface area contributed by atoms with Gasteiger partial charge in [-0.05, 0) is 42.5 Å². The summed E-state index contributed by atoms with van der Waals surface area (Å²) >= 11 is 1.95. The highest BCUT2D eigenvalue weighted by Gasteiger charge is 2.34. The summed E-state index contributed by atoms with van der Waals surface area (Å²) in [6, 6.07) is 4.92. The summed E-state index contributed by atoms with van der Waals surface area (Å²) in [4.78, 5) is 27.8. The first-order chi connectivity index (χ1) is 13.8. The number of hydrogen-bond donors (Lipinski definition) is 1. The topological polar surface area (TPSA) is 61.9 Å². The van der Waals surface area contributed by atoms with E-state index in [0.717, 1.165) is 37.4 Å². The molecule has 3 rings (SSSR count). The molecule has 1 aromatic carbocycles. The maximum atomic E-state index is 14.8. The highest BCUT2D eigenvalue weighted by atomic mass is 32.2. The van der Waals surface area contributed by atoms with Gasteiger partial charge in [0.25, 0.3) is 0 Å². The monoisotopic (exact) mass is 423 g/mol. The molecule has 1 aromatic rings. The smallest absolute Gasteiger partial charge is 0.414 e. The number of hydrogen-bond acceptors (Lipinski definition) is 5. The van der Waals surface area contributed by atoms with Gasteiger partial charge in [-0.2, -0.15) is 11.8 Å². The molecular formula is C21H30FN3O3S. The number of nitrogens with zero attached hydrogens (tertiary/aromatic N) is 2. The van der Waals surface area contributed by atoms with Crippen LogP contribution < -0.4 is 15.1 Å².